The Morgan fingerprint density at radius 3 is 0.846 bits per heavy atom. The molecule has 65 heavy (non-hydrogen) atoms. The Kier molecular flexibility index (Phi) is 17.4. The molecule has 2 fully saturated rings. The molecular formula is C54H58O11. The predicted molar refractivity (Wildman–Crippen MR) is 243 cm³/mol. The minimum atomic E-state index is -1.20. The lowest BCUT2D eigenvalue weighted by molar-refractivity contribution is -0.390. The summed E-state index contributed by atoms with van der Waals surface area (Å²) in [6.45, 7) is 1.33. The molecule has 11 heteroatoms. The van der Waals surface area contributed by atoms with Gasteiger partial charge >= 0.3 is 0 Å². The Morgan fingerprint density at radius 2 is 0.569 bits per heavy atom. The van der Waals surface area contributed by atoms with Gasteiger partial charge in [0.2, 0.25) is 0 Å². The fourth-order valence-electron chi connectivity index (χ4n) is 7.94. The second kappa shape index (κ2) is 24.4. The van der Waals surface area contributed by atoms with Crippen LogP contribution in [0.4, 0.5) is 0 Å². The van der Waals surface area contributed by atoms with Crippen LogP contribution in [0.1, 0.15) is 33.4 Å². The van der Waals surface area contributed by atoms with E-state index in [0.29, 0.717) is 13.2 Å². The van der Waals surface area contributed by atoms with Crippen LogP contribution in [0.25, 0.3) is 0 Å². The van der Waals surface area contributed by atoms with Crippen LogP contribution < -0.4 is 0 Å². The van der Waals surface area contributed by atoms with Crippen molar-refractivity contribution < 1.29 is 52.8 Å². The molecule has 8 rings (SSSR count). The van der Waals surface area contributed by atoms with E-state index in [1.807, 2.05) is 182 Å². The summed E-state index contributed by atoms with van der Waals surface area (Å²) < 4.78 is 59.5. The smallest absolute Gasteiger partial charge is 0.190 e. The second-order valence-electron chi connectivity index (χ2n) is 16.2. The molecule has 11 nitrogen and oxygen atoms in total. The normalized spacial score (nSPS) is 25.6. The Labute approximate surface area is 381 Å². The number of aliphatic hydroxyl groups excluding tert-OH is 2. The van der Waals surface area contributed by atoms with Gasteiger partial charge in [-0.2, -0.15) is 0 Å². The summed E-state index contributed by atoms with van der Waals surface area (Å²) in [5.41, 5.74) is 5.59. The zero-order valence-electron chi connectivity index (χ0n) is 36.3. The van der Waals surface area contributed by atoms with Crippen molar-refractivity contribution in [1.29, 1.82) is 0 Å². The number of hydrogen-bond donors (Lipinski definition) is 2. The molecule has 2 heterocycles. The zero-order chi connectivity index (χ0) is 44.5. The van der Waals surface area contributed by atoms with Crippen molar-refractivity contribution in [2.24, 2.45) is 0 Å². The van der Waals surface area contributed by atoms with Crippen molar-refractivity contribution in [3.63, 3.8) is 0 Å². The van der Waals surface area contributed by atoms with Crippen molar-refractivity contribution in [2.75, 3.05) is 13.2 Å². The lowest BCUT2D eigenvalue weighted by atomic mass is 9.97. The van der Waals surface area contributed by atoms with Gasteiger partial charge in [-0.1, -0.05) is 182 Å². The first-order chi connectivity index (χ1) is 32.1. The monoisotopic (exact) mass is 882 g/mol. The summed E-state index contributed by atoms with van der Waals surface area (Å²) >= 11 is 0. The van der Waals surface area contributed by atoms with Crippen molar-refractivity contribution in [2.45, 2.75) is 101 Å². The van der Waals surface area contributed by atoms with E-state index in [0.717, 1.165) is 33.4 Å². The summed E-state index contributed by atoms with van der Waals surface area (Å²) in [5, 5.41) is 24.3. The van der Waals surface area contributed by atoms with Crippen molar-refractivity contribution in [1.82, 2.24) is 0 Å². The number of hydrogen-bond acceptors (Lipinski definition) is 11. The summed E-state index contributed by atoms with van der Waals surface area (Å²) in [4.78, 5) is 0. The molecule has 340 valence electrons. The molecule has 2 saturated heterocycles. The van der Waals surface area contributed by atoms with Gasteiger partial charge in [0.15, 0.2) is 12.6 Å². The van der Waals surface area contributed by atoms with E-state index >= 15 is 0 Å². The maximum absolute atomic E-state index is 12.2. The molecular weight excluding hydrogens is 825 g/mol. The van der Waals surface area contributed by atoms with Gasteiger partial charge in [0.05, 0.1) is 52.9 Å². The van der Waals surface area contributed by atoms with Crippen LogP contribution in [-0.2, 0) is 82.3 Å². The number of rotatable bonds is 22. The highest BCUT2D eigenvalue weighted by atomic mass is 16.8. The van der Waals surface area contributed by atoms with Crippen LogP contribution >= 0.6 is 0 Å². The van der Waals surface area contributed by atoms with Crippen LogP contribution in [0.3, 0.4) is 0 Å². The molecule has 0 spiro atoms. The molecule has 10 atom stereocenters. The second-order valence-corrected chi connectivity index (χ2v) is 16.2. The predicted octanol–water partition coefficient (Wildman–Crippen LogP) is 7.95. The van der Waals surface area contributed by atoms with E-state index in [4.69, 9.17) is 42.6 Å². The number of benzene rings is 6. The SMILES string of the molecule is O[C@H]1[C@H](OCc2ccccc2)[C@@H](OCc2ccccc2)[C@H](O[C@H]2O[C@H](COCc3ccccc3)[C@@H](O)[C@H](OCc3ccccc3)[C@H]2OCc2ccccc2)O[C@@H]1COCc1ccccc1. The summed E-state index contributed by atoms with van der Waals surface area (Å²) in [6.07, 6.45) is -10.4. The highest BCUT2D eigenvalue weighted by molar-refractivity contribution is 5.18. The van der Waals surface area contributed by atoms with Gasteiger partial charge in [-0.3, -0.25) is 0 Å². The van der Waals surface area contributed by atoms with Crippen molar-refractivity contribution in [3.05, 3.63) is 215 Å². The number of ether oxygens (including phenoxy) is 9. The summed E-state index contributed by atoms with van der Waals surface area (Å²) in [7, 11) is 0. The van der Waals surface area contributed by atoms with Crippen molar-refractivity contribution in [3.8, 4) is 0 Å². The third-order valence-electron chi connectivity index (χ3n) is 11.4. The molecule has 0 amide bonds. The highest BCUT2D eigenvalue weighted by Crippen LogP contribution is 2.35. The van der Waals surface area contributed by atoms with E-state index in [9.17, 15) is 10.2 Å². The molecule has 0 bridgehead atoms. The number of aliphatic hydroxyl groups is 2. The molecule has 0 unspecified atom stereocenters. The average molecular weight is 883 g/mol. The molecule has 2 N–H and O–H groups in total. The molecule has 0 aromatic heterocycles. The molecule has 2 aliphatic heterocycles. The van der Waals surface area contributed by atoms with Gasteiger partial charge in [0, 0.05) is 0 Å². The maximum atomic E-state index is 12.2. The molecule has 0 aliphatic carbocycles. The lowest BCUT2D eigenvalue weighted by Crippen LogP contribution is -2.65. The highest BCUT2D eigenvalue weighted by Gasteiger charge is 2.53. The quantitative estimate of drug-likeness (QED) is 0.0691. The van der Waals surface area contributed by atoms with Crippen LogP contribution in [-0.4, -0.2) is 84.8 Å². The third kappa shape index (κ3) is 13.5. The average Bonchev–Trinajstić information content (AvgIpc) is 3.36. The Hall–Kier alpha value is -5.12. The van der Waals surface area contributed by atoms with E-state index < -0.39 is 61.4 Å². The largest absolute Gasteiger partial charge is 0.387 e. The van der Waals surface area contributed by atoms with Gasteiger partial charge < -0.3 is 52.8 Å². The van der Waals surface area contributed by atoms with Gasteiger partial charge in [-0.05, 0) is 33.4 Å². The summed E-state index contributed by atoms with van der Waals surface area (Å²) in [6, 6.07) is 58.6. The van der Waals surface area contributed by atoms with Gasteiger partial charge in [0.1, 0.15) is 48.8 Å². The van der Waals surface area contributed by atoms with E-state index in [1.165, 1.54) is 0 Å². The Morgan fingerprint density at radius 1 is 0.323 bits per heavy atom. The first kappa shape index (κ1) is 46.4. The molecule has 2 aliphatic rings. The Bertz CT molecular complexity index is 2050. The van der Waals surface area contributed by atoms with Gasteiger partial charge in [0.25, 0.3) is 0 Å². The molecule has 0 saturated carbocycles. The first-order valence-corrected chi connectivity index (χ1v) is 22.3. The molecule has 6 aromatic carbocycles. The fourth-order valence-corrected chi connectivity index (χ4v) is 7.94. The lowest BCUT2D eigenvalue weighted by Gasteiger charge is -2.48. The third-order valence-corrected chi connectivity index (χ3v) is 11.4. The maximum Gasteiger partial charge on any atom is 0.190 e. The summed E-state index contributed by atoms with van der Waals surface area (Å²) in [5.74, 6) is 0. The van der Waals surface area contributed by atoms with E-state index in [1.54, 1.807) is 0 Å². The van der Waals surface area contributed by atoms with Crippen LogP contribution in [0, 0.1) is 0 Å². The van der Waals surface area contributed by atoms with Crippen LogP contribution in [0.5, 0.6) is 0 Å². The van der Waals surface area contributed by atoms with Gasteiger partial charge in [-0.25, -0.2) is 0 Å². The van der Waals surface area contributed by atoms with Gasteiger partial charge in [-0.15, -0.1) is 0 Å². The first-order valence-electron chi connectivity index (χ1n) is 22.3. The topological polar surface area (TPSA) is 124 Å². The van der Waals surface area contributed by atoms with E-state index in [2.05, 4.69) is 0 Å². The fraction of sp³-hybridized carbons (Fsp3) is 0.333. The van der Waals surface area contributed by atoms with Crippen LogP contribution in [0.15, 0.2) is 182 Å². The zero-order valence-corrected chi connectivity index (χ0v) is 36.3. The van der Waals surface area contributed by atoms with Crippen molar-refractivity contribution >= 4 is 0 Å². The molecule has 0 radical (unpaired) electrons. The Balaban J connectivity index is 1.12. The van der Waals surface area contributed by atoms with E-state index in [-0.39, 0.29) is 39.6 Å². The minimum Gasteiger partial charge on any atom is -0.387 e. The molecule has 6 aromatic rings. The van der Waals surface area contributed by atoms with Crippen LogP contribution in [0.2, 0.25) is 0 Å². The standard InChI is InChI=1S/C54H58O11/c55-47-45(37-57-31-39-19-7-1-8-20-39)63-53(51(61-35-43-27-15-5-16-28-43)49(47)59-33-41-23-11-3-12-24-41)65-54-52(62-36-44-29-17-6-18-30-44)50(60-34-42-25-13-4-14-26-42)48(56)46(64-54)38-58-32-40-21-9-2-10-22-40/h1-30,45-56H,31-38H2/t45-,46-,47-,48-,49+,50+,51-,52-,53-,54+/m1/s1. The minimum absolute atomic E-state index is 0.0173.